The SMILES string of the molecule is ClP1Nc2c3c(c4ccccc4c2-c2c1ccc1ccccc21)C1C=CC=CC1S3. The third-order valence-corrected chi connectivity index (χ3v) is 9.86. The van der Waals surface area contributed by atoms with E-state index >= 15 is 0 Å². The zero-order valence-electron chi connectivity index (χ0n) is 16.0. The summed E-state index contributed by atoms with van der Waals surface area (Å²) < 4.78 is 0. The monoisotopic (exact) mass is 441 g/mol. The number of benzene rings is 4. The minimum Gasteiger partial charge on any atom is -0.347 e. The molecule has 0 radical (unpaired) electrons. The minimum absolute atomic E-state index is 0.419. The number of hydrogen-bond acceptors (Lipinski definition) is 2. The van der Waals surface area contributed by atoms with E-state index in [9.17, 15) is 0 Å². The molecule has 3 aliphatic rings. The summed E-state index contributed by atoms with van der Waals surface area (Å²) in [5.41, 5.74) is 5.31. The molecule has 3 unspecified atom stereocenters. The van der Waals surface area contributed by atoms with Crippen molar-refractivity contribution in [1.29, 1.82) is 0 Å². The van der Waals surface area contributed by atoms with Gasteiger partial charge in [-0.3, -0.25) is 0 Å². The first-order valence-corrected chi connectivity index (χ1v) is 13.3. The van der Waals surface area contributed by atoms with Gasteiger partial charge in [-0.25, -0.2) is 0 Å². The van der Waals surface area contributed by atoms with Crippen LogP contribution in [0.15, 0.2) is 89.9 Å². The average molecular weight is 442 g/mol. The van der Waals surface area contributed by atoms with Gasteiger partial charge in [-0.15, -0.1) is 11.8 Å². The van der Waals surface area contributed by atoms with E-state index in [2.05, 4.69) is 90.1 Å². The molecule has 144 valence electrons. The van der Waals surface area contributed by atoms with Crippen molar-refractivity contribution >= 4 is 63.0 Å². The molecule has 2 heterocycles. The molecule has 1 aliphatic carbocycles. The van der Waals surface area contributed by atoms with Crippen LogP contribution in [-0.4, -0.2) is 5.25 Å². The molecule has 0 saturated carbocycles. The van der Waals surface area contributed by atoms with Crippen molar-refractivity contribution in [2.45, 2.75) is 16.1 Å². The van der Waals surface area contributed by atoms with E-state index in [1.807, 2.05) is 11.8 Å². The van der Waals surface area contributed by atoms with Gasteiger partial charge in [0.05, 0.1) is 5.69 Å². The second-order valence-corrected chi connectivity index (χ2v) is 11.5. The Labute approximate surface area is 185 Å². The molecule has 2 aliphatic heterocycles. The van der Waals surface area contributed by atoms with Crippen LogP contribution in [0.25, 0.3) is 32.7 Å². The molecule has 4 aromatic carbocycles. The Bertz CT molecular complexity index is 1440. The molecule has 30 heavy (non-hydrogen) atoms. The summed E-state index contributed by atoms with van der Waals surface area (Å²) >= 11 is 8.98. The lowest BCUT2D eigenvalue weighted by Gasteiger charge is -2.30. The summed E-state index contributed by atoms with van der Waals surface area (Å²) in [6, 6.07) is 22.0. The second-order valence-electron chi connectivity index (χ2n) is 7.99. The highest BCUT2D eigenvalue weighted by atomic mass is 35.7. The van der Waals surface area contributed by atoms with Gasteiger partial charge in [0.2, 0.25) is 0 Å². The van der Waals surface area contributed by atoms with Crippen LogP contribution in [0.1, 0.15) is 11.5 Å². The summed E-state index contributed by atoms with van der Waals surface area (Å²) in [6.07, 6.45) is 9.07. The molecule has 0 fully saturated rings. The highest BCUT2D eigenvalue weighted by Gasteiger charge is 2.38. The van der Waals surface area contributed by atoms with E-state index in [0.29, 0.717) is 11.2 Å². The number of anilines is 1. The van der Waals surface area contributed by atoms with E-state index < -0.39 is 7.43 Å². The molecular weight excluding hydrogens is 425 g/mol. The smallest absolute Gasteiger partial charge is 0.119 e. The maximum atomic E-state index is 7.00. The summed E-state index contributed by atoms with van der Waals surface area (Å²) in [5, 5.41) is 10.7. The van der Waals surface area contributed by atoms with Crippen LogP contribution < -0.4 is 10.4 Å². The van der Waals surface area contributed by atoms with E-state index in [1.165, 1.54) is 54.1 Å². The topological polar surface area (TPSA) is 12.0 Å². The van der Waals surface area contributed by atoms with Gasteiger partial charge in [0.15, 0.2) is 0 Å². The van der Waals surface area contributed by atoms with Gasteiger partial charge in [0, 0.05) is 32.5 Å². The molecule has 4 aromatic rings. The third kappa shape index (κ3) is 2.25. The van der Waals surface area contributed by atoms with Crippen LogP contribution in [0, 0.1) is 0 Å². The fourth-order valence-electron chi connectivity index (χ4n) is 5.20. The van der Waals surface area contributed by atoms with Gasteiger partial charge in [-0.1, -0.05) is 96.2 Å². The summed E-state index contributed by atoms with van der Waals surface area (Å²) in [4.78, 5) is 1.38. The second kappa shape index (κ2) is 6.37. The number of rotatable bonds is 0. The predicted molar refractivity (Wildman–Crippen MR) is 134 cm³/mol. The van der Waals surface area contributed by atoms with E-state index in [-0.39, 0.29) is 0 Å². The van der Waals surface area contributed by atoms with Crippen molar-refractivity contribution < 1.29 is 0 Å². The predicted octanol–water partition coefficient (Wildman–Crippen LogP) is 7.95. The van der Waals surface area contributed by atoms with Crippen LogP contribution in [0.3, 0.4) is 0 Å². The zero-order chi connectivity index (χ0) is 19.8. The van der Waals surface area contributed by atoms with Crippen molar-refractivity contribution in [1.82, 2.24) is 0 Å². The Morgan fingerprint density at radius 1 is 0.800 bits per heavy atom. The fourth-order valence-corrected chi connectivity index (χ4v) is 8.59. The van der Waals surface area contributed by atoms with Crippen molar-refractivity contribution in [2.75, 3.05) is 5.09 Å². The van der Waals surface area contributed by atoms with Gasteiger partial charge in [-0.2, -0.15) is 0 Å². The number of fused-ring (bicyclic) bond motifs is 12. The molecule has 3 atom stereocenters. The Kier molecular flexibility index (Phi) is 3.70. The van der Waals surface area contributed by atoms with Gasteiger partial charge in [0.1, 0.15) is 7.43 Å². The fraction of sp³-hybridized carbons (Fsp3) is 0.0769. The first-order valence-electron chi connectivity index (χ1n) is 10.2. The van der Waals surface area contributed by atoms with Crippen molar-refractivity contribution in [2.24, 2.45) is 0 Å². The highest BCUT2D eigenvalue weighted by molar-refractivity contribution is 8.00. The van der Waals surface area contributed by atoms with Crippen LogP contribution in [0.5, 0.6) is 0 Å². The van der Waals surface area contributed by atoms with Crippen molar-refractivity contribution in [3.8, 4) is 11.1 Å². The minimum atomic E-state index is -0.978. The molecule has 1 N–H and O–H groups in total. The maximum absolute atomic E-state index is 7.00. The standard InChI is InChI=1S/C26H17ClNPS/c27-29-20-14-13-15-7-1-2-8-16(15)23(20)24-18-10-4-3-9-17(18)22-19-11-5-6-12-21(19)30-26(22)25(24)28-29/h1-14,19,21,28H. The summed E-state index contributed by atoms with van der Waals surface area (Å²) in [5.74, 6) is 0.419. The highest BCUT2D eigenvalue weighted by Crippen LogP contribution is 2.62. The summed E-state index contributed by atoms with van der Waals surface area (Å²) in [6.45, 7) is 0. The Morgan fingerprint density at radius 3 is 2.47 bits per heavy atom. The van der Waals surface area contributed by atoms with Gasteiger partial charge < -0.3 is 5.09 Å². The van der Waals surface area contributed by atoms with E-state index in [4.69, 9.17) is 11.2 Å². The molecule has 4 heteroatoms. The lowest BCUT2D eigenvalue weighted by Crippen LogP contribution is -2.15. The van der Waals surface area contributed by atoms with Gasteiger partial charge in [0.25, 0.3) is 0 Å². The number of halogens is 1. The Balaban J connectivity index is 1.67. The van der Waals surface area contributed by atoms with Gasteiger partial charge in [-0.05, 0) is 27.1 Å². The number of hydrogen-bond donors (Lipinski definition) is 1. The zero-order valence-corrected chi connectivity index (χ0v) is 18.4. The van der Waals surface area contributed by atoms with Crippen LogP contribution >= 0.6 is 30.4 Å². The maximum Gasteiger partial charge on any atom is 0.119 e. The van der Waals surface area contributed by atoms with Crippen molar-refractivity contribution in [3.63, 3.8) is 0 Å². The van der Waals surface area contributed by atoms with Crippen LogP contribution in [0.4, 0.5) is 5.69 Å². The number of nitrogens with one attached hydrogen (secondary N) is 1. The Morgan fingerprint density at radius 2 is 1.57 bits per heavy atom. The molecule has 0 saturated heterocycles. The first kappa shape index (κ1) is 17.4. The van der Waals surface area contributed by atoms with Crippen LogP contribution in [0.2, 0.25) is 0 Å². The lowest BCUT2D eigenvalue weighted by molar-refractivity contribution is 0.891. The third-order valence-electron chi connectivity index (χ3n) is 6.46. The van der Waals surface area contributed by atoms with E-state index in [1.54, 1.807) is 0 Å². The largest absolute Gasteiger partial charge is 0.347 e. The Hall–Kier alpha value is -2.25. The molecule has 1 nitrogen and oxygen atoms in total. The van der Waals surface area contributed by atoms with Crippen molar-refractivity contribution in [3.05, 3.63) is 90.5 Å². The first-order chi connectivity index (χ1) is 14.8. The normalized spacial score (nSPS) is 23.0. The summed E-state index contributed by atoms with van der Waals surface area (Å²) in [7, 11) is -0.978. The molecule has 0 aromatic heterocycles. The number of allylic oxidation sites excluding steroid dienone is 3. The molecular formula is C26H17ClNPS. The molecule has 0 bridgehead atoms. The lowest BCUT2D eigenvalue weighted by atomic mass is 9.84. The quantitative estimate of drug-likeness (QED) is 0.278. The van der Waals surface area contributed by atoms with Crippen LogP contribution in [-0.2, 0) is 0 Å². The average Bonchev–Trinajstić information content (AvgIpc) is 3.19. The number of thioether (sulfide) groups is 1. The van der Waals surface area contributed by atoms with E-state index in [0.717, 1.165) is 0 Å². The molecule has 0 amide bonds. The van der Waals surface area contributed by atoms with Gasteiger partial charge >= 0.3 is 0 Å². The molecule has 7 rings (SSSR count). The molecule has 0 spiro atoms.